The lowest BCUT2D eigenvalue weighted by molar-refractivity contribution is -0.136. The molecule has 2 aromatic carbocycles. The van der Waals surface area contributed by atoms with Crippen molar-refractivity contribution in [3.63, 3.8) is 0 Å². The van der Waals surface area contributed by atoms with Gasteiger partial charge in [0.2, 0.25) is 5.91 Å². The van der Waals surface area contributed by atoms with Crippen LogP contribution in [0.4, 0.5) is 10.1 Å². The van der Waals surface area contributed by atoms with Crippen LogP contribution < -0.4 is 5.32 Å². The number of rotatable bonds is 8. The smallest absolute Gasteiger partial charge is 0.307 e. The molecule has 0 aromatic heterocycles. The summed E-state index contributed by atoms with van der Waals surface area (Å²) in [5.41, 5.74) is 1.95. The van der Waals surface area contributed by atoms with Crippen molar-refractivity contribution >= 4 is 23.3 Å². The van der Waals surface area contributed by atoms with Gasteiger partial charge in [0.1, 0.15) is 5.82 Å². The fraction of sp³-hybridized carbons (Fsp3) is 0.250. The highest BCUT2D eigenvalue weighted by molar-refractivity contribution is 6.00. The van der Waals surface area contributed by atoms with Gasteiger partial charge in [-0.2, -0.15) is 0 Å². The van der Waals surface area contributed by atoms with Gasteiger partial charge in [0.05, 0.1) is 6.42 Å². The highest BCUT2D eigenvalue weighted by Gasteiger charge is 2.12. The molecule has 0 spiro atoms. The molecule has 0 heterocycles. The van der Waals surface area contributed by atoms with Gasteiger partial charge in [-0.3, -0.25) is 14.4 Å². The first-order chi connectivity index (χ1) is 12.4. The van der Waals surface area contributed by atoms with Gasteiger partial charge < -0.3 is 10.4 Å². The second-order valence-electron chi connectivity index (χ2n) is 5.90. The lowest BCUT2D eigenvalue weighted by atomic mass is 10.0. The molecule has 26 heavy (non-hydrogen) atoms. The molecule has 5 nitrogen and oxygen atoms in total. The SMILES string of the molecule is CCc1ccc(C(=O)CCC(=O)Nc2ccc(CC(=O)O)c(F)c2)cc1. The van der Waals surface area contributed by atoms with E-state index in [4.69, 9.17) is 5.11 Å². The number of halogens is 1. The summed E-state index contributed by atoms with van der Waals surface area (Å²) in [6.45, 7) is 2.03. The van der Waals surface area contributed by atoms with E-state index in [0.717, 1.165) is 18.1 Å². The molecule has 6 heteroatoms. The number of aryl methyl sites for hydroxylation is 1. The number of carboxylic acids is 1. The summed E-state index contributed by atoms with van der Waals surface area (Å²) in [6, 6.07) is 11.1. The number of carbonyl (C=O) groups excluding carboxylic acids is 2. The molecule has 1 amide bonds. The van der Waals surface area contributed by atoms with Crippen molar-refractivity contribution in [2.45, 2.75) is 32.6 Å². The summed E-state index contributed by atoms with van der Waals surface area (Å²) in [4.78, 5) is 34.7. The van der Waals surface area contributed by atoms with Crippen molar-refractivity contribution < 1.29 is 23.9 Å². The molecule has 2 rings (SSSR count). The van der Waals surface area contributed by atoms with Crippen LogP contribution in [0.3, 0.4) is 0 Å². The summed E-state index contributed by atoms with van der Waals surface area (Å²) in [5, 5.41) is 11.2. The first kappa shape index (κ1) is 19.3. The van der Waals surface area contributed by atoms with E-state index in [2.05, 4.69) is 5.32 Å². The number of hydrogen-bond donors (Lipinski definition) is 2. The van der Waals surface area contributed by atoms with Crippen LogP contribution in [0, 0.1) is 5.82 Å². The van der Waals surface area contributed by atoms with Gasteiger partial charge in [-0.25, -0.2) is 4.39 Å². The van der Waals surface area contributed by atoms with Crippen molar-refractivity contribution in [3.05, 3.63) is 65.0 Å². The molecule has 136 valence electrons. The lowest BCUT2D eigenvalue weighted by Crippen LogP contribution is -2.14. The van der Waals surface area contributed by atoms with Crippen LogP contribution in [0.15, 0.2) is 42.5 Å². The zero-order valence-corrected chi connectivity index (χ0v) is 14.4. The largest absolute Gasteiger partial charge is 0.481 e. The monoisotopic (exact) mass is 357 g/mol. The van der Waals surface area contributed by atoms with Gasteiger partial charge in [-0.15, -0.1) is 0 Å². The number of benzene rings is 2. The molecule has 0 aliphatic rings. The Hall–Kier alpha value is -3.02. The molecule has 2 N–H and O–H groups in total. The summed E-state index contributed by atoms with van der Waals surface area (Å²) in [5.74, 6) is -2.37. The minimum atomic E-state index is -1.13. The van der Waals surface area contributed by atoms with Gasteiger partial charge >= 0.3 is 5.97 Å². The highest BCUT2D eigenvalue weighted by atomic mass is 19.1. The number of anilines is 1. The van der Waals surface area contributed by atoms with Crippen LogP contribution in [-0.2, 0) is 22.4 Å². The van der Waals surface area contributed by atoms with Gasteiger partial charge in [0, 0.05) is 24.1 Å². The molecule has 0 saturated carbocycles. The Morgan fingerprint density at radius 3 is 2.31 bits per heavy atom. The maximum absolute atomic E-state index is 13.8. The highest BCUT2D eigenvalue weighted by Crippen LogP contribution is 2.16. The molecule has 0 unspecified atom stereocenters. The number of ketones is 1. The first-order valence-corrected chi connectivity index (χ1v) is 8.31. The molecule has 0 radical (unpaired) electrons. The third-order valence-electron chi connectivity index (χ3n) is 3.94. The van der Waals surface area contributed by atoms with Crippen LogP contribution >= 0.6 is 0 Å². The number of aliphatic carboxylic acids is 1. The lowest BCUT2D eigenvalue weighted by Gasteiger charge is -2.07. The van der Waals surface area contributed by atoms with Crippen molar-refractivity contribution in [2.24, 2.45) is 0 Å². The normalized spacial score (nSPS) is 10.4. The molecule has 2 aromatic rings. The van der Waals surface area contributed by atoms with Crippen molar-refractivity contribution in [1.29, 1.82) is 0 Å². The Bertz CT molecular complexity index is 815. The van der Waals surface area contributed by atoms with Gasteiger partial charge in [-0.05, 0) is 29.7 Å². The maximum atomic E-state index is 13.8. The Morgan fingerprint density at radius 1 is 1.04 bits per heavy atom. The number of Topliss-reactive ketones (excluding diaryl/α,β-unsaturated/α-hetero) is 1. The fourth-order valence-electron chi connectivity index (χ4n) is 2.45. The van der Waals surface area contributed by atoms with E-state index in [-0.39, 0.29) is 29.9 Å². The van der Waals surface area contributed by atoms with E-state index in [1.165, 1.54) is 12.1 Å². The average Bonchev–Trinajstić information content (AvgIpc) is 2.62. The van der Waals surface area contributed by atoms with E-state index in [9.17, 15) is 18.8 Å². The Morgan fingerprint density at radius 2 is 1.73 bits per heavy atom. The van der Waals surface area contributed by atoms with E-state index in [1.54, 1.807) is 12.1 Å². The number of amides is 1. The minimum absolute atomic E-state index is 0.0210. The van der Waals surface area contributed by atoms with Crippen LogP contribution in [0.2, 0.25) is 0 Å². The maximum Gasteiger partial charge on any atom is 0.307 e. The number of carbonyl (C=O) groups is 3. The van der Waals surface area contributed by atoms with Crippen LogP contribution in [-0.4, -0.2) is 22.8 Å². The Labute approximate surface area is 150 Å². The van der Waals surface area contributed by atoms with Gasteiger partial charge in [0.15, 0.2) is 5.78 Å². The summed E-state index contributed by atoms with van der Waals surface area (Å²) in [7, 11) is 0. The number of carboxylic acid groups (broad SMARTS) is 1. The van der Waals surface area contributed by atoms with Crippen molar-refractivity contribution in [3.8, 4) is 0 Å². The average molecular weight is 357 g/mol. The summed E-state index contributed by atoms with van der Waals surface area (Å²) >= 11 is 0. The van der Waals surface area contributed by atoms with Gasteiger partial charge in [0.25, 0.3) is 0 Å². The molecule has 0 bridgehead atoms. The molecule has 0 aliphatic heterocycles. The summed E-state index contributed by atoms with van der Waals surface area (Å²) < 4.78 is 13.8. The van der Waals surface area contributed by atoms with Gasteiger partial charge in [-0.1, -0.05) is 37.3 Å². The predicted octanol–water partition coefficient (Wildman–Crippen LogP) is 3.62. The van der Waals surface area contributed by atoms with Crippen LogP contribution in [0.5, 0.6) is 0 Å². The van der Waals surface area contributed by atoms with Crippen molar-refractivity contribution in [1.82, 2.24) is 0 Å². The Balaban J connectivity index is 1.89. The number of hydrogen-bond acceptors (Lipinski definition) is 3. The van der Waals surface area contributed by atoms with E-state index in [0.29, 0.717) is 5.56 Å². The molecular formula is C20H20FNO4. The third-order valence-corrected chi connectivity index (χ3v) is 3.94. The van der Waals surface area contributed by atoms with Crippen LogP contribution in [0.25, 0.3) is 0 Å². The second kappa shape index (κ2) is 8.89. The molecule has 0 atom stereocenters. The number of nitrogens with one attached hydrogen (secondary N) is 1. The third kappa shape index (κ3) is 5.51. The zero-order chi connectivity index (χ0) is 19.1. The molecule has 0 aliphatic carbocycles. The standard InChI is InChI=1S/C20H20FNO4/c1-2-13-3-5-14(6-4-13)18(23)9-10-19(24)22-16-8-7-15(11-20(25)26)17(21)12-16/h3-8,12H,2,9-11H2,1H3,(H,22,24)(H,25,26). The minimum Gasteiger partial charge on any atom is -0.481 e. The first-order valence-electron chi connectivity index (χ1n) is 8.31. The molecule has 0 saturated heterocycles. The summed E-state index contributed by atoms with van der Waals surface area (Å²) in [6.07, 6.45) is 0.494. The molecular weight excluding hydrogens is 337 g/mol. The fourth-order valence-corrected chi connectivity index (χ4v) is 2.45. The van der Waals surface area contributed by atoms with E-state index >= 15 is 0 Å². The van der Waals surface area contributed by atoms with Crippen LogP contribution in [0.1, 0.15) is 41.3 Å². The van der Waals surface area contributed by atoms with E-state index in [1.807, 2.05) is 19.1 Å². The predicted molar refractivity (Wildman–Crippen MR) is 95.8 cm³/mol. The Kier molecular flexibility index (Phi) is 6.60. The molecule has 0 fully saturated rings. The van der Waals surface area contributed by atoms with E-state index < -0.39 is 24.1 Å². The van der Waals surface area contributed by atoms with Crippen molar-refractivity contribution in [2.75, 3.05) is 5.32 Å². The quantitative estimate of drug-likeness (QED) is 0.707. The zero-order valence-electron chi connectivity index (χ0n) is 14.4. The topological polar surface area (TPSA) is 83.5 Å². The second-order valence-corrected chi connectivity index (χ2v) is 5.90.